The first-order chi connectivity index (χ1) is 7.33. The lowest BCUT2D eigenvalue weighted by Crippen LogP contribution is -2.34. The third-order valence-electron chi connectivity index (χ3n) is 2.95. The van der Waals surface area contributed by atoms with Crippen LogP contribution in [0.1, 0.15) is 11.1 Å². The maximum Gasteiger partial charge on any atom is 0.119 e. The van der Waals surface area contributed by atoms with Gasteiger partial charge in [0.05, 0.1) is 7.11 Å². The molecule has 0 saturated heterocycles. The third kappa shape index (κ3) is 2.30. The minimum Gasteiger partial charge on any atom is -0.497 e. The summed E-state index contributed by atoms with van der Waals surface area (Å²) in [6, 6.07) is 6.34. The van der Waals surface area contributed by atoms with Gasteiger partial charge in [-0.15, -0.1) is 0 Å². The number of benzene rings is 1. The van der Waals surface area contributed by atoms with Gasteiger partial charge < -0.3 is 10.5 Å². The lowest BCUT2D eigenvalue weighted by Gasteiger charge is -2.28. The highest BCUT2D eigenvalue weighted by Crippen LogP contribution is 2.23. The summed E-state index contributed by atoms with van der Waals surface area (Å²) < 4.78 is 5.22. The van der Waals surface area contributed by atoms with Crippen LogP contribution in [-0.2, 0) is 13.0 Å². The summed E-state index contributed by atoms with van der Waals surface area (Å²) in [6.07, 6.45) is 1.10. The molecule has 0 atom stereocenters. The van der Waals surface area contributed by atoms with Gasteiger partial charge in [-0.1, -0.05) is 6.07 Å². The summed E-state index contributed by atoms with van der Waals surface area (Å²) in [4.78, 5) is 2.40. The molecular formula is C12H18N2O. The molecule has 1 heterocycles. The minimum absolute atomic E-state index is 0.742. The van der Waals surface area contributed by atoms with Crippen molar-refractivity contribution in [3.8, 4) is 5.75 Å². The minimum atomic E-state index is 0.742. The summed E-state index contributed by atoms with van der Waals surface area (Å²) in [5, 5.41) is 0. The second-order valence-corrected chi connectivity index (χ2v) is 3.95. The van der Waals surface area contributed by atoms with Crippen LogP contribution >= 0.6 is 0 Å². The summed E-state index contributed by atoms with van der Waals surface area (Å²) in [5.41, 5.74) is 8.39. The van der Waals surface area contributed by atoms with Crippen molar-refractivity contribution in [3.05, 3.63) is 29.3 Å². The summed E-state index contributed by atoms with van der Waals surface area (Å²) in [7, 11) is 1.71. The van der Waals surface area contributed by atoms with Crippen molar-refractivity contribution in [1.82, 2.24) is 4.90 Å². The van der Waals surface area contributed by atoms with E-state index in [1.807, 2.05) is 6.07 Å². The van der Waals surface area contributed by atoms with Gasteiger partial charge in [-0.3, -0.25) is 4.90 Å². The Morgan fingerprint density at radius 2 is 2.27 bits per heavy atom. The molecule has 0 unspecified atom stereocenters. The molecule has 1 aromatic carbocycles. The molecule has 15 heavy (non-hydrogen) atoms. The number of hydrogen-bond acceptors (Lipinski definition) is 3. The Kier molecular flexibility index (Phi) is 3.23. The topological polar surface area (TPSA) is 38.5 Å². The molecule has 82 valence electrons. The van der Waals surface area contributed by atoms with Crippen LogP contribution in [-0.4, -0.2) is 31.6 Å². The van der Waals surface area contributed by atoms with Crippen LogP contribution < -0.4 is 10.5 Å². The number of nitrogens with zero attached hydrogens (tertiary/aromatic N) is 1. The average molecular weight is 206 g/mol. The van der Waals surface area contributed by atoms with Crippen LogP contribution in [0.15, 0.2) is 18.2 Å². The number of fused-ring (bicyclic) bond motifs is 1. The van der Waals surface area contributed by atoms with Crippen LogP contribution in [0, 0.1) is 0 Å². The molecule has 0 spiro atoms. The van der Waals surface area contributed by atoms with Gasteiger partial charge in [0.2, 0.25) is 0 Å². The predicted molar refractivity (Wildman–Crippen MR) is 61.0 cm³/mol. The number of ether oxygens (including phenoxy) is 1. The maximum atomic E-state index is 5.56. The van der Waals surface area contributed by atoms with E-state index in [-0.39, 0.29) is 0 Å². The first-order valence-electron chi connectivity index (χ1n) is 5.41. The molecule has 0 fully saturated rings. The Hall–Kier alpha value is -1.06. The highest BCUT2D eigenvalue weighted by Gasteiger charge is 2.15. The molecule has 1 aliphatic rings. The normalized spacial score (nSPS) is 16.1. The SMILES string of the molecule is COc1ccc2c(c1)CCN(CCN)C2. The van der Waals surface area contributed by atoms with Gasteiger partial charge in [-0.05, 0) is 29.7 Å². The van der Waals surface area contributed by atoms with Gasteiger partial charge in [0.25, 0.3) is 0 Å². The van der Waals surface area contributed by atoms with E-state index < -0.39 is 0 Å². The van der Waals surface area contributed by atoms with E-state index in [4.69, 9.17) is 10.5 Å². The van der Waals surface area contributed by atoms with E-state index in [2.05, 4.69) is 17.0 Å². The van der Waals surface area contributed by atoms with Gasteiger partial charge in [-0.25, -0.2) is 0 Å². The fourth-order valence-electron chi connectivity index (χ4n) is 2.09. The van der Waals surface area contributed by atoms with Crippen LogP contribution in [0.25, 0.3) is 0 Å². The summed E-state index contributed by atoms with van der Waals surface area (Å²) in [6.45, 7) is 3.87. The van der Waals surface area contributed by atoms with E-state index in [9.17, 15) is 0 Å². The molecule has 0 saturated carbocycles. The zero-order chi connectivity index (χ0) is 10.7. The summed E-state index contributed by atoms with van der Waals surface area (Å²) >= 11 is 0. The Labute approximate surface area is 90.8 Å². The predicted octanol–water partition coefficient (Wildman–Crippen LogP) is 1.01. The van der Waals surface area contributed by atoms with Crippen LogP contribution in [0.4, 0.5) is 0 Å². The standard InChI is InChI=1S/C12H18N2O/c1-15-12-3-2-11-9-14(7-5-13)6-4-10(11)8-12/h2-3,8H,4-7,9,13H2,1H3. The van der Waals surface area contributed by atoms with E-state index in [1.54, 1.807) is 7.11 Å². The zero-order valence-corrected chi connectivity index (χ0v) is 9.20. The van der Waals surface area contributed by atoms with Crippen molar-refractivity contribution in [2.75, 3.05) is 26.7 Å². The first-order valence-corrected chi connectivity index (χ1v) is 5.41. The number of methoxy groups -OCH3 is 1. The molecule has 1 aromatic rings. The highest BCUT2D eigenvalue weighted by molar-refractivity contribution is 5.37. The lowest BCUT2D eigenvalue weighted by molar-refractivity contribution is 0.261. The lowest BCUT2D eigenvalue weighted by atomic mass is 9.99. The van der Waals surface area contributed by atoms with Crippen LogP contribution in [0.5, 0.6) is 5.75 Å². The Morgan fingerprint density at radius 1 is 1.40 bits per heavy atom. The van der Waals surface area contributed by atoms with Crippen LogP contribution in [0.2, 0.25) is 0 Å². The van der Waals surface area contributed by atoms with Gasteiger partial charge in [0.1, 0.15) is 5.75 Å². The van der Waals surface area contributed by atoms with E-state index in [0.29, 0.717) is 0 Å². The van der Waals surface area contributed by atoms with Crippen molar-refractivity contribution >= 4 is 0 Å². The molecule has 3 nitrogen and oxygen atoms in total. The van der Waals surface area contributed by atoms with Crippen molar-refractivity contribution in [3.63, 3.8) is 0 Å². The van der Waals surface area contributed by atoms with Gasteiger partial charge in [0, 0.05) is 26.2 Å². The van der Waals surface area contributed by atoms with Gasteiger partial charge in [-0.2, -0.15) is 0 Å². The third-order valence-corrected chi connectivity index (χ3v) is 2.95. The van der Waals surface area contributed by atoms with Crippen molar-refractivity contribution in [2.24, 2.45) is 5.73 Å². The highest BCUT2D eigenvalue weighted by atomic mass is 16.5. The molecule has 0 amide bonds. The first kappa shape index (κ1) is 10.5. The van der Waals surface area contributed by atoms with Crippen molar-refractivity contribution < 1.29 is 4.74 Å². The second-order valence-electron chi connectivity index (χ2n) is 3.95. The zero-order valence-electron chi connectivity index (χ0n) is 9.20. The number of hydrogen-bond donors (Lipinski definition) is 1. The molecule has 3 heteroatoms. The molecule has 1 aliphatic heterocycles. The van der Waals surface area contributed by atoms with E-state index in [0.717, 1.165) is 38.3 Å². The number of rotatable bonds is 3. The van der Waals surface area contributed by atoms with E-state index in [1.165, 1.54) is 11.1 Å². The van der Waals surface area contributed by atoms with Crippen molar-refractivity contribution in [2.45, 2.75) is 13.0 Å². The fraction of sp³-hybridized carbons (Fsp3) is 0.500. The molecule has 2 N–H and O–H groups in total. The van der Waals surface area contributed by atoms with Gasteiger partial charge >= 0.3 is 0 Å². The Bertz CT molecular complexity index is 338. The molecule has 0 aliphatic carbocycles. The van der Waals surface area contributed by atoms with Crippen LogP contribution in [0.3, 0.4) is 0 Å². The Morgan fingerprint density at radius 3 is 3.00 bits per heavy atom. The Balaban J connectivity index is 2.13. The second kappa shape index (κ2) is 4.64. The molecule has 0 aromatic heterocycles. The monoisotopic (exact) mass is 206 g/mol. The molecule has 2 rings (SSSR count). The average Bonchev–Trinajstić information content (AvgIpc) is 2.29. The smallest absolute Gasteiger partial charge is 0.119 e. The quantitative estimate of drug-likeness (QED) is 0.802. The maximum absolute atomic E-state index is 5.56. The largest absolute Gasteiger partial charge is 0.497 e. The molecule has 0 bridgehead atoms. The molecular weight excluding hydrogens is 188 g/mol. The number of nitrogens with two attached hydrogens (primary N) is 1. The van der Waals surface area contributed by atoms with Crippen molar-refractivity contribution in [1.29, 1.82) is 0 Å². The summed E-state index contributed by atoms with van der Waals surface area (Å²) in [5.74, 6) is 0.959. The molecule has 0 radical (unpaired) electrons. The fourth-order valence-corrected chi connectivity index (χ4v) is 2.09. The van der Waals surface area contributed by atoms with Gasteiger partial charge in [0.15, 0.2) is 0 Å². The van der Waals surface area contributed by atoms with E-state index >= 15 is 0 Å².